The van der Waals surface area contributed by atoms with E-state index in [1.807, 2.05) is 0 Å². The molecule has 234 valence electrons. The molecular weight excluding hydrogens is 605 g/mol. The molecule has 2 aromatic heterocycles. The van der Waals surface area contributed by atoms with Gasteiger partial charge in [-0.3, -0.25) is 0 Å². The first-order chi connectivity index (χ1) is 24.8. The van der Waals surface area contributed by atoms with Crippen molar-refractivity contribution in [3.63, 3.8) is 0 Å². The molecule has 0 bridgehead atoms. The van der Waals surface area contributed by atoms with Gasteiger partial charge in [0.1, 0.15) is 0 Å². The van der Waals surface area contributed by atoms with Gasteiger partial charge in [-0.1, -0.05) is 146 Å². The van der Waals surface area contributed by atoms with Crippen molar-refractivity contribution in [2.75, 3.05) is 0 Å². The quantitative estimate of drug-likeness (QED) is 0.178. The lowest BCUT2D eigenvalue weighted by atomic mass is 9.95. The fourth-order valence-electron chi connectivity index (χ4n) is 7.99. The van der Waals surface area contributed by atoms with Gasteiger partial charge < -0.3 is 9.13 Å². The van der Waals surface area contributed by atoms with Crippen molar-refractivity contribution in [2.24, 2.45) is 0 Å². The first kappa shape index (κ1) is 28.4. The summed E-state index contributed by atoms with van der Waals surface area (Å²) < 4.78 is 4.87. The molecule has 2 nitrogen and oxygen atoms in total. The molecule has 0 fully saturated rings. The van der Waals surface area contributed by atoms with Gasteiger partial charge >= 0.3 is 0 Å². The van der Waals surface area contributed by atoms with Crippen LogP contribution in [0.15, 0.2) is 194 Å². The largest absolute Gasteiger partial charge is 0.309 e. The van der Waals surface area contributed by atoms with Gasteiger partial charge in [0.25, 0.3) is 0 Å². The van der Waals surface area contributed by atoms with Crippen molar-refractivity contribution < 1.29 is 0 Å². The zero-order valence-corrected chi connectivity index (χ0v) is 27.4. The highest BCUT2D eigenvalue weighted by Crippen LogP contribution is 2.45. The molecule has 0 radical (unpaired) electrons. The Kier molecular flexibility index (Phi) is 6.53. The normalized spacial score (nSPS) is 11.6. The number of hydrogen-bond acceptors (Lipinski definition) is 0. The van der Waals surface area contributed by atoms with Crippen LogP contribution in [0.5, 0.6) is 0 Å². The molecule has 8 aromatic carbocycles. The van der Waals surface area contributed by atoms with Gasteiger partial charge in [-0.2, -0.15) is 0 Å². The third-order valence-corrected chi connectivity index (χ3v) is 10.1. The van der Waals surface area contributed by atoms with Gasteiger partial charge in [0, 0.05) is 32.8 Å². The molecule has 0 unspecified atom stereocenters. The number of hydrogen-bond donors (Lipinski definition) is 0. The van der Waals surface area contributed by atoms with E-state index in [1.54, 1.807) is 0 Å². The topological polar surface area (TPSA) is 9.86 Å². The van der Waals surface area contributed by atoms with Crippen molar-refractivity contribution in [2.45, 2.75) is 0 Å². The van der Waals surface area contributed by atoms with E-state index in [1.165, 1.54) is 77.0 Å². The summed E-state index contributed by atoms with van der Waals surface area (Å²) in [6, 6.07) is 70.3. The highest BCUT2D eigenvalue weighted by atomic mass is 15.0. The van der Waals surface area contributed by atoms with Crippen molar-refractivity contribution in [3.05, 3.63) is 194 Å². The molecular formula is C48H32N2. The Bertz CT molecular complexity index is 2840. The van der Waals surface area contributed by atoms with Crippen LogP contribution in [0.1, 0.15) is 0 Å². The maximum Gasteiger partial charge on any atom is 0.0547 e. The number of para-hydroxylation sites is 3. The Morgan fingerprint density at radius 2 is 0.760 bits per heavy atom. The summed E-state index contributed by atoms with van der Waals surface area (Å²) in [7, 11) is 0. The van der Waals surface area contributed by atoms with Crippen LogP contribution in [0, 0.1) is 0 Å². The van der Waals surface area contributed by atoms with E-state index in [2.05, 4.69) is 203 Å². The lowest BCUT2D eigenvalue weighted by Crippen LogP contribution is -1.98. The molecule has 10 rings (SSSR count). The van der Waals surface area contributed by atoms with Gasteiger partial charge in [0.15, 0.2) is 0 Å². The van der Waals surface area contributed by atoms with Crippen LogP contribution in [0.25, 0.3) is 88.4 Å². The molecule has 50 heavy (non-hydrogen) atoms. The Labute approximate surface area is 290 Å². The summed E-state index contributed by atoms with van der Waals surface area (Å²) in [5.74, 6) is 0. The van der Waals surface area contributed by atoms with Crippen LogP contribution in [-0.2, 0) is 0 Å². The average molecular weight is 637 g/mol. The fraction of sp³-hybridized carbons (Fsp3) is 0. The average Bonchev–Trinajstić information content (AvgIpc) is 3.72. The van der Waals surface area contributed by atoms with Gasteiger partial charge in [0.2, 0.25) is 0 Å². The van der Waals surface area contributed by atoms with Crippen LogP contribution >= 0.6 is 0 Å². The second-order valence-electron chi connectivity index (χ2n) is 12.9. The van der Waals surface area contributed by atoms with Gasteiger partial charge in [0.05, 0.1) is 27.8 Å². The minimum absolute atomic E-state index is 1.16. The van der Waals surface area contributed by atoms with Crippen LogP contribution in [0.2, 0.25) is 0 Å². The summed E-state index contributed by atoms with van der Waals surface area (Å²) in [5.41, 5.74) is 14.4. The van der Waals surface area contributed by atoms with Gasteiger partial charge in [-0.25, -0.2) is 0 Å². The van der Waals surface area contributed by atoms with Crippen molar-refractivity contribution >= 4 is 43.6 Å². The van der Waals surface area contributed by atoms with E-state index in [0.717, 1.165) is 11.4 Å². The standard InChI is InChI=1S/C48H32N2/c1-4-16-33(17-5-1)35-30-31-44(41(32-35)34-18-6-2-7-19-34)50-43-27-13-11-23-40(43)48-38(25-15-29-46(48)50)37-24-14-28-45-47(37)39-22-10-12-26-42(39)49(45)36-20-8-3-9-21-36/h1-32H. The molecule has 0 aliphatic heterocycles. The van der Waals surface area contributed by atoms with E-state index in [4.69, 9.17) is 0 Å². The molecule has 10 aromatic rings. The Balaban J connectivity index is 1.28. The highest BCUT2D eigenvalue weighted by molar-refractivity contribution is 6.22. The predicted octanol–water partition coefficient (Wildman–Crippen LogP) is 12.9. The van der Waals surface area contributed by atoms with Crippen LogP contribution in [0.3, 0.4) is 0 Å². The summed E-state index contributed by atoms with van der Waals surface area (Å²) in [4.78, 5) is 0. The number of benzene rings is 8. The monoisotopic (exact) mass is 636 g/mol. The molecule has 0 atom stereocenters. The summed E-state index contributed by atoms with van der Waals surface area (Å²) >= 11 is 0. The van der Waals surface area contributed by atoms with Crippen molar-refractivity contribution in [1.29, 1.82) is 0 Å². The highest BCUT2D eigenvalue weighted by Gasteiger charge is 2.21. The summed E-state index contributed by atoms with van der Waals surface area (Å²) in [6.45, 7) is 0. The maximum absolute atomic E-state index is 2.47. The second kappa shape index (κ2) is 11.5. The van der Waals surface area contributed by atoms with Crippen LogP contribution in [-0.4, -0.2) is 9.13 Å². The maximum atomic E-state index is 2.47. The van der Waals surface area contributed by atoms with Crippen molar-refractivity contribution in [3.8, 4) is 44.8 Å². The summed E-state index contributed by atoms with van der Waals surface area (Å²) in [6.07, 6.45) is 0. The molecule has 2 heteroatoms. The molecule has 0 N–H and O–H groups in total. The smallest absolute Gasteiger partial charge is 0.0547 e. The second-order valence-corrected chi connectivity index (χ2v) is 12.9. The number of nitrogens with zero attached hydrogens (tertiary/aromatic N) is 2. The zero-order chi connectivity index (χ0) is 33.0. The lowest BCUT2D eigenvalue weighted by molar-refractivity contribution is 1.18. The molecule has 0 aliphatic carbocycles. The summed E-state index contributed by atoms with van der Waals surface area (Å²) in [5, 5.41) is 5.03. The number of aromatic nitrogens is 2. The molecule has 0 aliphatic rings. The molecule has 0 saturated heterocycles. The number of rotatable bonds is 5. The van der Waals surface area contributed by atoms with E-state index in [-0.39, 0.29) is 0 Å². The minimum Gasteiger partial charge on any atom is -0.309 e. The Morgan fingerprint density at radius 3 is 1.38 bits per heavy atom. The van der Waals surface area contributed by atoms with Crippen LogP contribution < -0.4 is 0 Å². The predicted molar refractivity (Wildman–Crippen MR) is 211 cm³/mol. The fourth-order valence-corrected chi connectivity index (χ4v) is 7.99. The van der Waals surface area contributed by atoms with Gasteiger partial charge in [-0.15, -0.1) is 0 Å². The first-order valence-electron chi connectivity index (χ1n) is 17.2. The third-order valence-electron chi connectivity index (χ3n) is 10.1. The third kappa shape index (κ3) is 4.36. The van der Waals surface area contributed by atoms with E-state index in [9.17, 15) is 0 Å². The Hall–Kier alpha value is -6.64. The molecule has 0 spiro atoms. The first-order valence-corrected chi connectivity index (χ1v) is 17.2. The molecule has 0 amide bonds. The lowest BCUT2D eigenvalue weighted by Gasteiger charge is -2.16. The number of fused-ring (bicyclic) bond motifs is 6. The van der Waals surface area contributed by atoms with E-state index in [0.29, 0.717) is 0 Å². The minimum atomic E-state index is 1.16. The van der Waals surface area contributed by atoms with Gasteiger partial charge in [-0.05, 0) is 76.3 Å². The van der Waals surface area contributed by atoms with E-state index < -0.39 is 0 Å². The van der Waals surface area contributed by atoms with E-state index >= 15 is 0 Å². The SMILES string of the molecule is c1ccc(-c2ccc(-n3c4ccccc4c4c(-c5cccc6c5c5ccccc5n6-c5ccccc5)cccc43)c(-c3ccccc3)c2)cc1. The van der Waals surface area contributed by atoms with Crippen LogP contribution in [0.4, 0.5) is 0 Å². The Morgan fingerprint density at radius 1 is 0.280 bits per heavy atom. The molecule has 2 heterocycles. The molecule has 0 saturated carbocycles. The van der Waals surface area contributed by atoms with Crippen molar-refractivity contribution in [1.82, 2.24) is 9.13 Å². The zero-order valence-electron chi connectivity index (χ0n) is 27.4.